The van der Waals surface area contributed by atoms with Gasteiger partial charge in [0, 0.05) is 24.1 Å². The molecule has 0 saturated carbocycles. The van der Waals surface area contributed by atoms with Crippen LogP contribution >= 0.6 is 0 Å². The third-order valence-corrected chi connectivity index (χ3v) is 7.09. The summed E-state index contributed by atoms with van der Waals surface area (Å²) in [5, 5.41) is 3.93. The van der Waals surface area contributed by atoms with Crippen molar-refractivity contribution >= 4 is 28.1 Å². The average Bonchev–Trinajstić information content (AvgIpc) is 3.47. The lowest BCUT2D eigenvalue weighted by molar-refractivity contribution is 0.100. The third-order valence-electron chi connectivity index (χ3n) is 7.09. The highest BCUT2D eigenvalue weighted by Crippen LogP contribution is 2.40. The molecular weight excluding hydrogens is 494 g/mol. The number of ether oxygens (including phenoxy) is 1. The monoisotopic (exact) mass is 521 g/mol. The number of aryl methyl sites for hydroxylation is 1. The van der Waals surface area contributed by atoms with Crippen molar-refractivity contribution in [2.75, 3.05) is 0 Å². The zero-order chi connectivity index (χ0) is 27.1. The van der Waals surface area contributed by atoms with E-state index in [9.17, 15) is 9.59 Å². The van der Waals surface area contributed by atoms with Gasteiger partial charge in [-0.1, -0.05) is 48.5 Å². The summed E-state index contributed by atoms with van der Waals surface area (Å²) >= 11 is 0. The average molecular weight is 522 g/mol. The predicted molar refractivity (Wildman–Crippen MR) is 147 cm³/mol. The van der Waals surface area contributed by atoms with Crippen molar-refractivity contribution in [2.24, 2.45) is 5.73 Å². The van der Waals surface area contributed by atoms with Crippen LogP contribution in [0.3, 0.4) is 0 Å². The van der Waals surface area contributed by atoms with E-state index in [1.807, 2.05) is 43.3 Å². The van der Waals surface area contributed by atoms with Gasteiger partial charge in [-0.25, -0.2) is 9.78 Å². The van der Waals surface area contributed by atoms with Crippen LogP contribution in [0.2, 0.25) is 0 Å². The number of carbonyl (C=O) groups excluding carboxylic acids is 1. The fraction of sp³-hybridized carbons (Fsp3) is 0.200. The molecule has 0 radical (unpaired) electrons. The van der Waals surface area contributed by atoms with E-state index in [1.54, 1.807) is 6.07 Å². The number of hydrogen-bond donors (Lipinski definition) is 2. The fourth-order valence-electron chi connectivity index (χ4n) is 5.29. The number of fused-ring (bicyclic) bond motifs is 3. The number of rotatable bonds is 6. The number of nitrogens with two attached hydrogens (primary N) is 1. The molecule has 2 aromatic heterocycles. The summed E-state index contributed by atoms with van der Waals surface area (Å²) in [7, 11) is 0. The van der Waals surface area contributed by atoms with Gasteiger partial charge in [-0.15, -0.1) is 0 Å². The van der Waals surface area contributed by atoms with E-state index in [-0.39, 0.29) is 0 Å². The minimum absolute atomic E-state index is 0.376. The van der Waals surface area contributed by atoms with Crippen LogP contribution in [0, 0.1) is 0 Å². The summed E-state index contributed by atoms with van der Waals surface area (Å²) in [5.41, 5.74) is 13.2. The van der Waals surface area contributed by atoms with Crippen LogP contribution in [0.25, 0.3) is 22.2 Å². The first-order valence-corrected chi connectivity index (χ1v) is 12.8. The molecule has 196 valence electrons. The number of nitrogens with zero attached hydrogens (tertiary/aromatic N) is 3. The molecule has 3 heterocycles. The molecule has 0 spiro atoms. The van der Waals surface area contributed by atoms with Gasteiger partial charge in [-0.3, -0.25) is 14.3 Å². The molecule has 1 aliphatic rings. The fourth-order valence-corrected chi connectivity index (χ4v) is 5.29. The number of amides is 1. The number of aromatic nitrogens is 4. The van der Waals surface area contributed by atoms with Crippen LogP contribution in [0.15, 0.2) is 70.0 Å². The molecule has 0 aliphatic carbocycles. The van der Waals surface area contributed by atoms with E-state index in [2.05, 4.69) is 39.8 Å². The Balaban J connectivity index is 1.48. The number of para-hydroxylation sites is 2. The predicted octanol–water partition coefficient (Wildman–Crippen LogP) is 4.68. The zero-order valence-electron chi connectivity index (χ0n) is 21.7. The maximum absolute atomic E-state index is 12.1. The van der Waals surface area contributed by atoms with Gasteiger partial charge in [0.1, 0.15) is 23.7 Å². The third kappa shape index (κ3) is 4.31. The number of benzene rings is 3. The Labute approximate surface area is 223 Å². The van der Waals surface area contributed by atoms with E-state index >= 15 is 0 Å². The minimum atomic E-state index is -0.603. The van der Waals surface area contributed by atoms with Crippen LogP contribution in [0.5, 0.6) is 5.75 Å². The molecule has 5 aromatic rings. The Morgan fingerprint density at radius 1 is 1.10 bits per heavy atom. The second-order valence-corrected chi connectivity index (χ2v) is 9.62. The Hall–Kier alpha value is -4.92. The number of carbonyl (C=O) groups is 1. The Morgan fingerprint density at radius 3 is 2.72 bits per heavy atom. The molecular formula is C30H27N5O4. The molecule has 0 atom stereocenters. The normalized spacial score (nSPS) is 13.9. The maximum atomic E-state index is 12.1. The standard InChI is InChI=1S/C30H27N5O4/c1-3-7-25-32-27-22(28(31)36)9-6-10-23(27)35(25)15-18-12-13-20-19(14-18)16-38-24-11-5-4-8-21(24)26(20)17(2)29-33-30(37)39-34-29/h4-6,8-14H,3,7,15-16H2,1-2H3,(H2,31,36)(H,33,34,37)/b26-17-. The Kier molecular flexibility index (Phi) is 6.11. The molecule has 3 N–H and O–H groups in total. The summed E-state index contributed by atoms with van der Waals surface area (Å²) in [6.07, 6.45) is 1.70. The van der Waals surface area contributed by atoms with Crippen molar-refractivity contribution in [3.8, 4) is 5.75 Å². The van der Waals surface area contributed by atoms with Gasteiger partial charge in [0.15, 0.2) is 5.82 Å². The number of primary amides is 1. The number of nitrogens with one attached hydrogen (secondary N) is 1. The van der Waals surface area contributed by atoms with Crippen molar-refractivity contribution in [1.29, 1.82) is 0 Å². The van der Waals surface area contributed by atoms with Gasteiger partial charge in [-0.05, 0) is 59.9 Å². The highest BCUT2D eigenvalue weighted by Gasteiger charge is 2.24. The van der Waals surface area contributed by atoms with Crippen molar-refractivity contribution in [2.45, 2.75) is 39.8 Å². The summed E-state index contributed by atoms with van der Waals surface area (Å²) in [6, 6.07) is 19.7. The van der Waals surface area contributed by atoms with E-state index in [4.69, 9.17) is 20.0 Å². The highest BCUT2D eigenvalue weighted by molar-refractivity contribution is 6.04. The second-order valence-electron chi connectivity index (χ2n) is 9.62. The molecule has 1 amide bonds. The van der Waals surface area contributed by atoms with Gasteiger partial charge in [0.05, 0.1) is 11.1 Å². The van der Waals surface area contributed by atoms with Crippen molar-refractivity contribution in [3.63, 3.8) is 0 Å². The van der Waals surface area contributed by atoms with Gasteiger partial charge in [0.2, 0.25) is 0 Å². The Morgan fingerprint density at radius 2 is 1.95 bits per heavy atom. The smallest absolute Gasteiger partial charge is 0.439 e. The lowest BCUT2D eigenvalue weighted by atomic mass is 9.89. The second kappa shape index (κ2) is 9.75. The molecule has 0 bridgehead atoms. The molecule has 9 nitrogen and oxygen atoms in total. The molecule has 1 aliphatic heterocycles. The van der Waals surface area contributed by atoms with Gasteiger partial charge in [0.25, 0.3) is 5.91 Å². The van der Waals surface area contributed by atoms with Crippen LogP contribution < -0.4 is 16.2 Å². The first-order chi connectivity index (χ1) is 18.9. The summed E-state index contributed by atoms with van der Waals surface area (Å²) in [5.74, 6) is 0.944. The van der Waals surface area contributed by atoms with Gasteiger partial charge < -0.3 is 15.0 Å². The lowest BCUT2D eigenvalue weighted by Crippen LogP contribution is -2.11. The molecule has 0 fully saturated rings. The van der Waals surface area contributed by atoms with Crippen LogP contribution in [-0.4, -0.2) is 25.6 Å². The lowest BCUT2D eigenvalue weighted by Gasteiger charge is -2.15. The molecule has 0 saturated heterocycles. The van der Waals surface area contributed by atoms with E-state index in [1.165, 1.54) is 0 Å². The van der Waals surface area contributed by atoms with E-state index < -0.39 is 11.7 Å². The number of hydrogen-bond acceptors (Lipinski definition) is 6. The molecule has 9 heteroatoms. The largest absolute Gasteiger partial charge is 0.488 e. The maximum Gasteiger partial charge on any atom is 0.439 e. The van der Waals surface area contributed by atoms with Gasteiger partial charge >= 0.3 is 5.76 Å². The summed E-state index contributed by atoms with van der Waals surface area (Å²) < 4.78 is 13.2. The summed E-state index contributed by atoms with van der Waals surface area (Å²) in [6.45, 7) is 4.97. The van der Waals surface area contributed by atoms with Crippen molar-refractivity contribution in [1.82, 2.24) is 19.7 Å². The molecule has 39 heavy (non-hydrogen) atoms. The SMILES string of the molecule is CCCc1nc2c(C(N)=O)cccc2n1Cc1ccc2c(c1)COc1ccccc1/C2=C(/C)c1noc(=O)[nH]1. The first-order valence-electron chi connectivity index (χ1n) is 12.8. The quantitative estimate of drug-likeness (QED) is 0.334. The molecule has 0 unspecified atom stereocenters. The number of aromatic amines is 1. The van der Waals surface area contributed by atoms with Crippen LogP contribution in [0.4, 0.5) is 0 Å². The van der Waals surface area contributed by atoms with Gasteiger partial charge in [-0.2, -0.15) is 0 Å². The van der Waals surface area contributed by atoms with Crippen LogP contribution in [-0.2, 0) is 19.6 Å². The zero-order valence-corrected chi connectivity index (χ0v) is 21.7. The van der Waals surface area contributed by atoms with Crippen molar-refractivity contribution < 1.29 is 14.1 Å². The number of H-pyrrole nitrogens is 1. The van der Waals surface area contributed by atoms with E-state index in [0.717, 1.165) is 63.3 Å². The van der Waals surface area contributed by atoms with Crippen LogP contribution in [0.1, 0.15) is 64.5 Å². The Bertz CT molecular complexity index is 1820. The topological polar surface area (TPSA) is 129 Å². The molecule has 3 aromatic carbocycles. The first kappa shape index (κ1) is 24.4. The summed E-state index contributed by atoms with van der Waals surface area (Å²) in [4.78, 5) is 31.2. The highest BCUT2D eigenvalue weighted by atomic mass is 16.5. The van der Waals surface area contributed by atoms with Crippen molar-refractivity contribution in [3.05, 3.63) is 111 Å². The minimum Gasteiger partial charge on any atom is -0.488 e. The number of allylic oxidation sites excluding steroid dienone is 1. The van der Waals surface area contributed by atoms with E-state index in [0.29, 0.717) is 30.1 Å². The molecule has 6 rings (SSSR count). The number of imidazole rings is 1.